The molecule has 1 atom stereocenters. The summed E-state index contributed by atoms with van der Waals surface area (Å²) >= 11 is 1.57. The molecule has 174 valence electrons. The minimum atomic E-state index is -3.78. The van der Waals surface area contributed by atoms with E-state index < -0.39 is 16.1 Å². The van der Waals surface area contributed by atoms with Crippen LogP contribution in [0.3, 0.4) is 0 Å². The van der Waals surface area contributed by atoms with E-state index in [-0.39, 0.29) is 22.8 Å². The molecule has 0 saturated carbocycles. The number of nitrogens with zero attached hydrogens (tertiary/aromatic N) is 1. The van der Waals surface area contributed by atoms with Crippen molar-refractivity contribution in [3.63, 3.8) is 0 Å². The number of hydrogen-bond acceptors (Lipinski definition) is 6. The van der Waals surface area contributed by atoms with Gasteiger partial charge < -0.3 is 10.6 Å². The second-order valence-corrected chi connectivity index (χ2v) is 10.4. The zero-order chi connectivity index (χ0) is 22.7. The average Bonchev–Trinajstić information content (AvgIpc) is 2.77. The van der Waals surface area contributed by atoms with Crippen molar-refractivity contribution in [2.24, 2.45) is 0 Å². The molecule has 1 aromatic carbocycles. The van der Waals surface area contributed by atoms with Crippen LogP contribution in [-0.2, 0) is 19.6 Å². The van der Waals surface area contributed by atoms with Crippen LogP contribution < -0.4 is 15.4 Å². The van der Waals surface area contributed by atoms with Gasteiger partial charge in [-0.25, -0.2) is 8.42 Å². The average molecular weight is 471 g/mol. The van der Waals surface area contributed by atoms with Crippen molar-refractivity contribution >= 4 is 33.6 Å². The Hall–Kier alpha value is -1.62. The summed E-state index contributed by atoms with van der Waals surface area (Å²) in [6, 6.07) is 7.23. The maximum atomic E-state index is 12.9. The summed E-state index contributed by atoms with van der Waals surface area (Å²) in [5.74, 6) is 0.394. The fourth-order valence-corrected chi connectivity index (χ4v) is 5.12. The van der Waals surface area contributed by atoms with Crippen LogP contribution in [0.15, 0.2) is 35.2 Å². The van der Waals surface area contributed by atoms with E-state index in [1.165, 1.54) is 12.1 Å². The highest BCUT2D eigenvalue weighted by molar-refractivity contribution is 7.98. The highest BCUT2D eigenvalue weighted by atomic mass is 32.2. The van der Waals surface area contributed by atoms with Crippen LogP contribution in [0.2, 0.25) is 0 Å². The van der Waals surface area contributed by atoms with Crippen LogP contribution in [0.25, 0.3) is 0 Å². The van der Waals surface area contributed by atoms with Crippen LogP contribution >= 0.6 is 11.8 Å². The summed E-state index contributed by atoms with van der Waals surface area (Å²) < 4.78 is 27.9. The number of piperidine rings is 1. The van der Waals surface area contributed by atoms with Gasteiger partial charge in [-0.1, -0.05) is 25.1 Å². The van der Waals surface area contributed by atoms with Crippen molar-refractivity contribution in [3.05, 3.63) is 30.3 Å². The van der Waals surface area contributed by atoms with Crippen LogP contribution in [-0.4, -0.2) is 75.4 Å². The first-order valence-corrected chi connectivity index (χ1v) is 13.6. The third-order valence-electron chi connectivity index (χ3n) is 5.15. The molecule has 0 radical (unpaired) electrons. The second-order valence-electron chi connectivity index (χ2n) is 7.68. The second kappa shape index (κ2) is 13.0. The Morgan fingerprint density at radius 3 is 2.48 bits per heavy atom. The van der Waals surface area contributed by atoms with Crippen LogP contribution in [0.5, 0.6) is 0 Å². The molecule has 0 aromatic heterocycles. The predicted molar refractivity (Wildman–Crippen MR) is 124 cm³/mol. The molecular formula is C21H34N4O4S2. The van der Waals surface area contributed by atoms with Gasteiger partial charge in [-0.05, 0) is 49.8 Å². The summed E-state index contributed by atoms with van der Waals surface area (Å²) in [4.78, 5) is 27.0. The highest BCUT2D eigenvalue weighted by Gasteiger charge is 2.28. The zero-order valence-corrected chi connectivity index (χ0v) is 19.9. The number of carbonyl (C=O) groups excluding carboxylic acids is 2. The summed E-state index contributed by atoms with van der Waals surface area (Å²) in [7, 11) is -3.78. The number of rotatable bonds is 12. The van der Waals surface area contributed by atoms with Gasteiger partial charge in [-0.3, -0.25) is 14.5 Å². The van der Waals surface area contributed by atoms with Crippen molar-refractivity contribution in [1.82, 2.24) is 20.3 Å². The molecule has 1 heterocycles. The third-order valence-corrected chi connectivity index (χ3v) is 7.28. The number of sulfonamides is 1. The first-order chi connectivity index (χ1) is 14.9. The van der Waals surface area contributed by atoms with Gasteiger partial charge >= 0.3 is 0 Å². The Bertz CT molecular complexity index is 797. The van der Waals surface area contributed by atoms with Gasteiger partial charge in [0.2, 0.25) is 21.8 Å². The lowest BCUT2D eigenvalue weighted by atomic mass is 10.0. The minimum absolute atomic E-state index is 0.0248. The lowest BCUT2D eigenvalue weighted by molar-refractivity contribution is -0.125. The molecule has 8 nitrogen and oxygen atoms in total. The Morgan fingerprint density at radius 2 is 1.87 bits per heavy atom. The van der Waals surface area contributed by atoms with Gasteiger partial charge in [0.05, 0.1) is 11.4 Å². The van der Waals surface area contributed by atoms with E-state index in [2.05, 4.69) is 20.3 Å². The fourth-order valence-electron chi connectivity index (χ4n) is 3.39. The maximum Gasteiger partial charge on any atom is 0.241 e. The molecule has 1 saturated heterocycles. The standard InChI is InChI=1S/C21H34N4O4S2/c1-3-12-22-20(26)16-25-13-9-17(10-14-25)23-21(27)19(11-15-30-2)24-31(28,29)18-7-5-4-6-8-18/h4-8,17,19,24H,3,9-16H2,1-2H3,(H,22,26)(H,23,27). The number of benzene rings is 1. The fraction of sp³-hybridized carbons (Fsp3) is 0.619. The van der Waals surface area contributed by atoms with E-state index in [4.69, 9.17) is 0 Å². The Morgan fingerprint density at radius 1 is 1.19 bits per heavy atom. The molecular weight excluding hydrogens is 436 g/mol. The first kappa shape index (κ1) is 25.6. The Labute approximate surface area is 190 Å². The summed E-state index contributed by atoms with van der Waals surface area (Å²) in [6.45, 7) is 4.50. The van der Waals surface area contributed by atoms with Crippen molar-refractivity contribution in [1.29, 1.82) is 0 Å². The number of thioether (sulfide) groups is 1. The minimum Gasteiger partial charge on any atom is -0.355 e. The van der Waals surface area contributed by atoms with Gasteiger partial charge in [0, 0.05) is 25.7 Å². The van der Waals surface area contributed by atoms with Gasteiger partial charge in [0.25, 0.3) is 0 Å². The molecule has 0 bridgehead atoms. The predicted octanol–water partition coefficient (Wildman–Crippen LogP) is 1.19. The molecule has 1 fully saturated rings. The van der Waals surface area contributed by atoms with E-state index in [1.54, 1.807) is 30.0 Å². The van der Waals surface area contributed by atoms with Gasteiger partial charge in [-0.2, -0.15) is 16.5 Å². The number of nitrogens with one attached hydrogen (secondary N) is 3. The van der Waals surface area contributed by atoms with Crippen LogP contribution in [0, 0.1) is 0 Å². The largest absolute Gasteiger partial charge is 0.355 e. The van der Waals surface area contributed by atoms with Crippen molar-refractivity contribution in [2.45, 2.75) is 49.6 Å². The SMILES string of the molecule is CCCNC(=O)CN1CCC(NC(=O)C(CCSC)NS(=O)(=O)c2ccccc2)CC1. The van der Waals surface area contributed by atoms with Crippen LogP contribution in [0.4, 0.5) is 0 Å². The topological polar surface area (TPSA) is 108 Å². The quantitative estimate of drug-likeness (QED) is 0.424. The molecule has 1 aliphatic heterocycles. The molecule has 2 amide bonds. The lowest BCUT2D eigenvalue weighted by Crippen LogP contribution is -2.53. The van der Waals surface area contributed by atoms with Crippen LogP contribution in [0.1, 0.15) is 32.6 Å². The highest BCUT2D eigenvalue weighted by Crippen LogP contribution is 2.13. The summed E-state index contributed by atoms with van der Waals surface area (Å²) in [5, 5.41) is 5.88. The van der Waals surface area contributed by atoms with E-state index in [0.29, 0.717) is 25.3 Å². The normalized spacial score (nSPS) is 16.6. The molecule has 31 heavy (non-hydrogen) atoms. The van der Waals surface area contributed by atoms with Crippen molar-refractivity contribution < 1.29 is 18.0 Å². The summed E-state index contributed by atoms with van der Waals surface area (Å²) in [6.07, 6.45) is 4.70. The molecule has 1 aliphatic rings. The number of amides is 2. The lowest BCUT2D eigenvalue weighted by Gasteiger charge is -2.32. The van der Waals surface area contributed by atoms with E-state index in [9.17, 15) is 18.0 Å². The van der Waals surface area contributed by atoms with Crippen molar-refractivity contribution in [2.75, 3.05) is 38.2 Å². The van der Waals surface area contributed by atoms with E-state index in [0.717, 1.165) is 32.4 Å². The molecule has 10 heteroatoms. The van der Waals surface area contributed by atoms with E-state index >= 15 is 0 Å². The van der Waals surface area contributed by atoms with Gasteiger partial charge in [0.1, 0.15) is 6.04 Å². The number of hydrogen-bond donors (Lipinski definition) is 3. The first-order valence-electron chi connectivity index (χ1n) is 10.7. The van der Waals surface area contributed by atoms with Gasteiger partial charge in [-0.15, -0.1) is 0 Å². The smallest absolute Gasteiger partial charge is 0.241 e. The maximum absolute atomic E-state index is 12.9. The Balaban J connectivity index is 1.89. The molecule has 1 aromatic rings. The molecule has 1 unspecified atom stereocenters. The zero-order valence-electron chi connectivity index (χ0n) is 18.3. The molecule has 0 aliphatic carbocycles. The number of carbonyl (C=O) groups is 2. The molecule has 3 N–H and O–H groups in total. The monoisotopic (exact) mass is 470 g/mol. The van der Waals surface area contributed by atoms with Crippen molar-refractivity contribution in [3.8, 4) is 0 Å². The Kier molecular flexibility index (Phi) is 10.8. The number of likely N-dealkylation sites (tertiary alicyclic amines) is 1. The van der Waals surface area contributed by atoms with Gasteiger partial charge in [0.15, 0.2) is 0 Å². The summed E-state index contributed by atoms with van der Waals surface area (Å²) in [5.41, 5.74) is 0. The third kappa shape index (κ3) is 8.80. The molecule has 2 rings (SSSR count). The van der Waals surface area contributed by atoms with E-state index in [1.807, 2.05) is 13.2 Å². The molecule has 0 spiro atoms.